The van der Waals surface area contributed by atoms with Crippen LogP contribution in [-0.2, 0) is 22.6 Å². The van der Waals surface area contributed by atoms with Crippen molar-refractivity contribution in [3.8, 4) is 0 Å². The molecule has 0 saturated heterocycles. The molecule has 1 amide bonds. The number of nitrogens with zero attached hydrogens (tertiary/aromatic N) is 1. The van der Waals surface area contributed by atoms with Gasteiger partial charge in [-0.05, 0) is 81.9 Å². The zero-order valence-electron chi connectivity index (χ0n) is 19.9. The van der Waals surface area contributed by atoms with Gasteiger partial charge in [-0.1, -0.05) is 30.3 Å². The van der Waals surface area contributed by atoms with E-state index in [9.17, 15) is 31.1 Å². The van der Waals surface area contributed by atoms with E-state index in [1.165, 1.54) is 6.92 Å². The van der Waals surface area contributed by atoms with Crippen LogP contribution in [0.15, 0.2) is 48.5 Å². The predicted molar refractivity (Wildman–Crippen MR) is 122 cm³/mol. The summed E-state index contributed by atoms with van der Waals surface area (Å²) in [5, 5.41) is 2.73. The van der Waals surface area contributed by atoms with Crippen molar-refractivity contribution in [3.63, 3.8) is 0 Å². The Kier molecular flexibility index (Phi) is 7.89. The minimum absolute atomic E-state index is 0.0928. The Labute approximate surface area is 201 Å². The molecule has 0 spiro atoms. The smallest absolute Gasteiger partial charge is 0.349 e. The maximum Gasteiger partial charge on any atom is 0.416 e. The van der Waals surface area contributed by atoms with Crippen LogP contribution in [0.2, 0.25) is 0 Å². The second-order valence-electron chi connectivity index (χ2n) is 9.69. The summed E-state index contributed by atoms with van der Waals surface area (Å²) in [6, 6.07) is 9.56. The molecule has 3 rings (SSSR count). The summed E-state index contributed by atoms with van der Waals surface area (Å²) in [5.41, 5.74) is -3.14. The first-order chi connectivity index (χ1) is 16.2. The highest BCUT2D eigenvalue weighted by atomic mass is 19.4. The summed E-state index contributed by atoms with van der Waals surface area (Å²) in [4.78, 5) is 15.7. The van der Waals surface area contributed by atoms with Gasteiger partial charge in [0.05, 0.1) is 22.6 Å². The van der Waals surface area contributed by atoms with Gasteiger partial charge in [0.2, 0.25) is 5.91 Å². The molecular weight excluding hydrogens is 470 g/mol. The predicted octanol–water partition coefficient (Wildman–Crippen LogP) is 6.59. The lowest BCUT2D eigenvalue weighted by molar-refractivity contribution is -0.143. The third-order valence-corrected chi connectivity index (χ3v) is 6.80. The van der Waals surface area contributed by atoms with Gasteiger partial charge in [0.15, 0.2) is 0 Å². The van der Waals surface area contributed by atoms with Crippen LogP contribution in [-0.4, -0.2) is 31.4 Å². The molecule has 0 bridgehead atoms. The Morgan fingerprint density at radius 3 is 1.94 bits per heavy atom. The van der Waals surface area contributed by atoms with Crippen molar-refractivity contribution < 1.29 is 31.1 Å². The molecule has 35 heavy (non-hydrogen) atoms. The third kappa shape index (κ3) is 6.37. The Balaban J connectivity index is 1.91. The average Bonchev–Trinajstić information content (AvgIpc) is 2.78. The van der Waals surface area contributed by atoms with Crippen LogP contribution in [0.25, 0.3) is 0 Å². The molecule has 192 valence electrons. The lowest BCUT2D eigenvalue weighted by Gasteiger charge is -2.40. The van der Waals surface area contributed by atoms with Gasteiger partial charge in [0.1, 0.15) is 0 Å². The summed E-state index contributed by atoms with van der Waals surface area (Å²) in [6.45, 7) is 2.29. The fourth-order valence-corrected chi connectivity index (χ4v) is 4.92. The fourth-order valence-electron chi connectivity index (χ4n) is 4.92. The van der Waals surface area contributed by atoms with Gasteiger partial charge in [0.25, 0.3) is 0 Å². The second-order valence-corrected chi connectivity index (χ2v) is 9.69. The Morgan fingerprint density at radius 1 is 0.971 bits per heavy atom. The first-order valence-electron chi connectivity index (χ1n) is 11.5. The highest BCUT2D eigenvalue weighted by molar-refractivity contribution is 5.88. The number of amides is 1. The Hall–Kier alpha value is -2.55. The van der Waals surface area contributed by atoms with Gasteiger partial charge in [0, 0.05) is 6.54 Å². The van der Waals surface area contributed by atoms with Gasteiger partial charge < -0.3 is 10.2 Å². The topological polar surface area (TPSA) is 32.3 Å². The summed E-state index contributed by atoms with van der Waals surface area (Å²) in [5.74, 6) is 0.0235. The van der Waals surface area contributed by atoms with E-state index in [2.05, 4.69) is 10.2 Å². The van der Waals surface area contributed by atoms with E-state index in [0.29, 0.717) is 30.9 Å². The van der Waals surface area contributed by atoms with Gasteiger partial charge >= 0.3 is 12.4 Å². The molecule has 1 atom stereocenters. The number of hydrogen-bond acceptors (Lipinski definition) is 2. The number of hydrogen-bond donors (Lipinski definition) is 1. The molecule has 1 aliphatic carbocycles. The van der Waals surface area contributed by atoms with E-state index < -0.39 is 34.9 Å². The number of carbonyl (C=O) groups is 1. The lowest BCUT2D eigenvalue weighted by atomic mass is 9.66. The monoisotopic (exact) mass is 500 g/mol. The highest BCUT2D eigenvalue weighted by Crippen LogP contribution is 2.43. The van der Waals surface area contributed by atoms with Crippen LogP contribution in [0.3, 0.4) is 0 Å². The molecule has 2 aromatic rings. The third-order valence-electron chi connectivity index (χ3n) is 6.80. The number of nitrogens with one attached hydrogen (secondary N) is 1. The molecule has 3 nitrogen and oxygen atoms in total. The van der Waals surface area contributed by atoms with Crippen molar-refractivity contribution >= 4 is 5.91 Å². The van der Waals surface area contributed by atoms with Crippen LogP contribution in [0, 0.1) is 5.92 Å². The molecule has 0 radical (unpaired) electrons. The van der Waals surface area contributed by atoms with Gasteiger partial charge in [-0.25, -0.2) is 0 Å². The molecule has 2 aromatic carbocycles. The van der Waals surface area contributed by atoms with Gasteiger partial charge in [-0.2, -0.15) is 26.3 Å². The van der Waals surface area contributed by atoms with Crippen LogP contribution < -0.4 is 5.32 Å². The SMILES string of the molecule is CC(NC(=O)[C@]1(c2ccccc2)CC[C@@H](CN(C)C)CC1)c1cc(C(F)(F)F)cc(C(F)(F)F)c1. The summed E-state index contributed by atoms with van der Waals surface area (Å²) >= 11 is 0. The number of rotatable bonds is 6. The van der Waals surface area contributed by atoms with Crippen molar-refractivity contribution in [1.82, 2.24) is 10.2 Å². The molecule has 9 heteroatoms. The molecule has 0 aliphatic heterocycles. The van der Waals surface area contributed by atoms with E-state index >= 15 is 0 Å². The van der Waals surface area contributed by atoms with Crippen LogP contribution in [0.5, 0.6) is 0 Å². The molecule has 0 heterocycles. The number of halogens is 6. The van der Waals surface area contributed by atoms with Gasteiger partial charge in [-0.15, -0.1) is 0 Å². The second kappa shape index (κ2) is 10.2. The fraction of sp³-hybridized carbons (Fsp3) is 0.500. The lowest BCUT2D eigenvalue weighted by Crippen LogP contribution is -2.48. The van der Waals surface area contributed by atoms with Crippen LogP contribution in [0.4, 0.5) is 26.3 Å². The zero-order chi connectivity index (χ0) is 26.0. The van der Waals surface area contributed by atoms with Gasteiger partial charge in [-0.3, -0.25) is 4.79 Å². The van der Waals surface area contributed by atoms with Crippen LogP contribution in [0.1, 0.15) is 60.9 Å². The zero-order valence-corrected chi connectivity index (χ0v) is 19.9. The molecule has 1 N–H and O–H groups in total. The van der Waals surface area contributed by atoms with E-state index in [0.717, 1.165) is 24.9 Å². The first kappa shape index (κ1) is 27.0. The van der Waals surface area contributed by atoms with E-state index in [4.69, 9.17) is 0 Å². The molecule has 0 aromatic heterocycles. The summed E-state index contributed by atoms with van der Waals surface area (Å²) in [6.07, 6.45) is -7.23. The quantitative estimate of drug-likeness (QED) is 0.454. The molecule has 1 unspecified atom stereocenters. The number of alkyl halides is 6. The average molecular weight is 501 g/mol. The number of carbonyl (C=O) groups excluding carboxylic acids is 1. The molecular formula is C26H30F6N2O. The molecule has 1 fully saturated rings. The van der Waals surface area contributed by atoms with Crippen molar-refractivity contribution in [3.05, 3.63) is 70.8 Å². The maximum absolute atomic E-state index is 13.6. The maximum atomic E-state index is 13.6. The largest absolute Gasteiger partial charge is 0.416 e. The minimum atomic E-state index is -4.95. The Bertz CT molecular complexity index is 976. The Morgan fingerprint density at radius 2 is 1.49 bits per heavy atom. The van der Waals surface area contributed by atoms with E-state index in [-0.39, 0.29) is 17.5 Å². The van der Waals surface area contributed by atoms with E-state index in [1.807, 2.05) is 44.4 Å². The standard InChI is InChI=1S/C26H30F6N2O/c1-17(19-13-21(25(27,28)29)15-22(14-19)26(30,31)32)33-23(35)24(20-7-5-4-6-8-20)11-9-18(10-12-24)16-34(2)3/h4-8,13-15,17-18H,9-12,16H2,1-3H3,(H,33,35)/t17?,18-,24-. The number of benzene rings is 2. The summed E-state index contributed by atoms with van der Waals surface area (Å²) in [7, 11) is 3.97. The summed E-state index contributed by atoms with van der Waals surface area (Å²) < 4.78 is 79.8. The molecule has 1 aliphatic rings. The highest BCUT2D eigenvalue weighted by Gasteiger charge is 2.44. The molecule has 1 saturated carbocycles. The minimum Gasteiger partial charge on any atom is -0.349 e. The normalized spacial score (nSPS) is 22.2. The van der Waals surface area contributed by atoms with Crippen LogP contribution >= 0.6 is 0 Å². The van der Waals surface area contributed by atoms with Crippen molar-refractivity contribution in [2.75, 3.05) is 20.6 Å². The van der Waals surface area contributed by atoms with E-state index in [1.54, 1.807) is 0 Å². The van der Waals surface area contributed by atoms with Crippen molar-refractivity contribution in [1.29, 1.82) is 0 Å². The van der Waals surface area contributed by atoms with Crippen molar-refractivity contribution in [2.24, 2.45) is 5.92 Å². The first-order valence-corrected chi connectivity index (χ1v) is 11.5. The van der Waals surface area contributed by atoms with Crippen molar-refractivity contribution in [2.45, 2.75) is 56.4 Å².